The number of carbonyl (C=O) groups excluding carboxylic acids is 1. The molecule has 124 valence electrons. The Kier molecular flexibility index (Phi) is 6.71. The van der Waals surface area contributed by atoms with Crippen LogP contribution >= 0.6 is 23.1 Å². The van der Waals surface area contributed by atoms with Crippen LogP contribution in [0.1, 0.15) is 30.3 Å². The molecule has 0 aromatic carbocycles. The number of hydrogen-bond acceptors (Lipinski definition) is 5. The van der Waals surface area contributed by atoms with E-state index in [1.807, 2.05) is 5.51 Å². The van der Waals surface area contributed by atoms with Gasteiger partial charge in [0, 0.05) is 42.7 Å². The predicted molar refractivity (Wildman–Crippen MR) is 95.5 cm³/mol. The Morgan fingerprint density at radius 2 is 2.41 bits per heavy atom. The summed E-state index contributed by atoms with van der Waals surface area (Å²) in [6, 6.07) is 0. The number of likely N-dealkylation sites (tertiary alicyclic amines) is 1. The van der Waals surface area contributed by atoms with Crippen molar-refractivity contribution in [1.29, 1.82) is 0 Å². The summed E-state index contributed by atoms with van der Waals surface area (Å²) in [6.07, 6.45) is 3.87. The largest absolute Gasteiger partial charge is 0.342 e. The van der Waals surface area contributed by atoms with Gasteiger partial charge in [0.2, 0.25) is 5.91 Å². The zero-order valence-electron chi connectivity index (χ0n) is 14.0. The van der Waals surface area contributed by atoms with E-state index in [4.69, 9.17) is 0 Å². The van der Waals surface area contributed by atoms with E-state index in [9.17, 15) is 4.79 Å². The van der Waals surface area contributed by atoms with Crippen LogP contribution in [0.2, 0.25) is 0 Å². The molecule has 0 bridgehead atoms. The summed E-state index contributed by atoms with van der Waals surface area (Å²) in [7, 11) is 2.17. The first-order valence-corrected chi connectivity index (χ1v) is 10.0. The Hall–Kier alpha value is -0.590. The Bertz CT molecular complexity index is 491. The third-order valence-corrected chi connectivity index (χ3v) is 6.22. The fourth-order valence-electron chi connectivity index (χ4n) is 2.89. The van der Waals surface area contributed by atoms with Gasteiger partial charge in [-0.05, 0) is 32.6 Å². The summed E-state index contributed by atoms with van der Waals surface area (Å²) < 4.78 is 0. The second kappa shape index (κ2) is 8.31. The van der Waals surface area contributed by atoms with Crippen LogP contribution in [0.25, 0.3) is 0 Å². The molecule has 1 fully saturated rings. The van der Waals surface area contributed by atoms with Crippen molar-refractivity contribution in [2.45, 2.75) is 38.5 Å². The lowest BCUT2D eigenvalue weighted by Gasteiger charge is -2.22. The first kappa shape index (κ1) is 17.8. The normalized spacial score (nSPS) is 19.9. The molecule has 1 aromatic heterocycles. The number of aryl methyl sites for hydroxylation is 1. The Morgan fingerprint density at radius 1 is 1.64 bits per heavy atom. The van der Waals surface area contributed by atoms with Gasteiger partial charge in [-0.2, -0.15) is 11.8 Å². The van der Waals surface area contributed by atoms with Crippen LogP contribution in [0.5, 0.6) is 0 Å². The highest BCUT2D eigenvalue weighted by molar-refractivity contribution is 7.99. The van der Waals surface area contributed by atoms with E-state index in [0.29, 0.717) is 23.5 Å². The molecule has 0 N–H and O–H groups in total. The fraction of sp³-hybridized carbons (Fsp3) is 0.750. The molecular formula is C16H27N3OS2. The van der Waals surface area contributed by atoms with E-state index in [-0.39, 0.29) is 0 Å². The maximum Gasteiger partial charge on any atom is 0.223 e. The summed E-state index contributed by atoms with van der Waals surface area (Å²) in [6.45, 7) is 8.07. The Balaban J connectivity index is 1.76. The quantitative estimate of drug-likeness (QED) is 0.764. The van der Waals surface area contributed by atoms with E-state index in [0.717, 1.165) is 38.3 Å². The lowest BCUT2D eigenvalue weighted by atomic mass is 10.1. The van der Waals surface area contributed by atoms with Crippen LogP contribution in [0, 0.1) is 12.8 Å². The number of thioether (sulfide) groups is 1. The lowest BCUT2D eigenvalue weighted by Crippen LogP contribution is -2.32. The summed E-state index contributed by atoms with van der Waals surface area (Å²) in [5.41, 5.74) is 3.06. The van der Waals surface area contributed by atoms with Crippen LogP contribution in [0.15, 0.2) is 5.51 Å². The average molecular weight is 342 g/mol. The molecule has 0 aliphatic carbocycles. The van der Waals surface area contributed by atoms with Crippen molar-refractivity contribution in [2.75, 3.05) is 32.9 Å². The van der Waals surface area contributed by atoms with Gasteiger partial charge in [-0.1, -0.05) is 6.92 Å². The number of rotatable bonds is 7. The highest BCUT2D eigenvalue weighted by Crippen LogP contribution is 2.21. The molecule has 1 saturated heterocycles. The maximum absolute atomic E-state index is 12.2. The van der Waals surface area contributed by atoms with Gasteiger partial charge in [-0.3, -0.25) is 4.79 Å². The summed E-state index contributed by atoms with van der Waals surface area (Å²) in [5.74, 6) is 0.928. The van der Waals surface area contributed by atoms with E-state index in [2.05, 4.69) is 41.9 Å². The predicted octanol–water partition coefficient (Wildman–Crippen LogP) is 2.87. The Morgan fingerprint density at radius 3 is 3.05 bits per heavy atom. The molecule has 1 amide bonds. The number of thiazole rings is 1. The molecule has 0 unspecified atom stereocenters. The van der Waals surface area contributed by atoms with Gasteiger partial charge in [0.25, 0.3) is 0 Å². The molecule has 2 heterocycles. The average Bonchev–Trinajstić information content (AvgIpc) is 3.09. The van der Waals surface area contributed by atoms with Crippen molar-refractivity contribution in [3.8, 4) is 0 Å². The van der Waals surface area contributed by atoms with Crippen LogP contribution in [-0.4, -0.2) is 58.9 Å². The summed E-state index contributed by atoms with van der Waals surface area (Å²) >= 11 is 3.50. The molecule has 4 nitrogen and oxygen atoms in total. The minimum absolute atomic E-state index is 0.324. The van der Waals surface area contributed by atoms with E-state index in [1.54, 1.807) is 23.1 Å². The number of nitrogens with zero attached hydrogens (tertiary/aromatic N) is 3. The number of amides is 1. The van der Waals surface area contributed by atoms with Crippen molar-refractivity contribution < 1.29 is 4.79 Å². The van der Waals surface area contributed by atoms with Crippen molar-refractivity contribution in [2.24, 2.45) is 5.92 Å². The zero-order chi connectivity index (χ0) is 16.1. The molecule has 6 heteroatoms. The second-order valence-corrected chi connectivity index (χ2v) is 8.52. The van der Waals surface area contributed by atoms with Gasteiger partial charge in [-0.15, -0.1) is 11.3 Å². The lowest BCUT2D eigenvalue weighted by molar-refractivity contribution is -0.130. The summed E-state index contributed by atoms with van der Waals surface area (Å²) in [5, 5.41) is 0.420. The number of carbonyl (C=O) groups is 1. The van der Waals surface area contributed by atoms with Crippen LogP contribution < -0.4 is 0 Å². The van der Waals surface area contributed by atoms with Gasteiger partial charge in [0.15, 0.2) is 0 Å². The molecule has 2 atom stereocenters. The molecule has 0 radical (unpaired) electrons. The van der Waals surface area contributed by atoms with Gasteiger partial charge >= 0.3 is 0 Å². The SMILES string of the molecule is CS[C@H](C)CC(=O)N1CC[C@@H](CN(C)Cc2scnc2C)C1. The van der Waals surface area contributed by atoms with Crippen LogP contribution in [0.3, 0.4) is 0 Å². The molecule has 0 saturated carbocycles. The number of hydrogen-bond donors (Lipinski definition) is 0. The van der Waals surface area contributed by atoms with E-state index >= 15 is 0 Å². The molecule has 1 aliphatic heterocycles. The van der Waals surface area contributed by atoms with Gasteiger partial charge in [0.05, 0.1) is 11.2 Å². The van der Waals surface area contributed by atoms with Crippen molar-refractivity contribution in [3.05, 3.63) is 16.1 Å². The first-order valence-electron chi connectivity index (χ1n) is 7.87. The van der Waals surface area contributed by atoms with Gasteiger partial charge < -0.3 is 9.80 Å². The smallest absolute Gasteiger partial charge is 0.223 e. The van der Waals surface area contributed by atoms with E-state index < -0.39 is 0 Å². The standard InChI is InChI=1S/C16H27N3OS2/c1-12(21-4)7-16(20)19-6-5-14(9-19)8-18(3)10-15-13(2)17-11-22-15/h11-12,14H,5-10H2,1-4H3/t12-,14+/m1/s1. The molecule has 1 aromatic rings. The highest BCUT2D eigenvalue weighted by Gasteiger charge is 2.27. The van der Waals surface area contributed by atoms with Gasteiger partial charge in [-0.25, -0.2) is 4.98 Å². The third kappa shape index (κ3) is 4.96. The minimum Gasteiger partial charge on any atom is -0.342 e. The topological polar surface area (TPSA) is 36.4 Å². The van der Waals surface area contributed by atoms with E-state index in [1.165, 1.54) is 4.88 Å². The highest BCUT2D eigenvalue weighted by atomic mass is 32.2. The second-order valence-electron chi connectivity index (χ2n) is 6.30. The number of aromatic nitrogens is 1. The monoisotopic (exact) mass is 341 g/mol. The van der Waals surface area contributed by atoms with Crippen molar-refractivity contribution in [3.63, 3.8) is 0 Å². The minimum atomic E-state index is 0.324. The molecule has 1 aliphatic rings. The third-order valence-electron chi connectivity index (χ3n) is 4.33. The first-order chi connectivity index (χ1) is 10.5. The van der Waals surface area contributed by atoms with Gasteiger partial charge in [0.1, 0.15) is 0 Å². The van der Waals surface area contributed by atoms with Crippen molar-refractivity contribution in [1.82, 2.24) is 14.8 Å². The molecule has 0 spiro atoms. The maximum atomic E-state index is 12.2. The fourth-order valence-corrected chi connectivity index (χ4v) is 4.06. The zero-order valence-corrected chi connectivity index (χ0v) is 15.7. The van der Waals surface area contributed by atoms with Crippen LogP contribution in [-0.2, 0) is 11.3 Å². The molecule has 22 heavy (non-hydrogen) atoms. The molecular weight excluding hydrogens is 314 g/mol. The molecule has 2 rings (SSSR count). The summed E-state index contributed by atoms with van der Waals surface area (Å²) in [4.78, 5) is 22.3. The van der Waals surface area contributed by atoms with Crippen molar-refractivity contribution >= 4 is 29.0 Å². The Labute approximate surface area is 142 Å². The van der Waals surface area contributed by atoms with Crippen LogP contribution in [0.4, 0.5) is 0 Å².